The fourth-order valence-electron chi connectivity index (χ4n) is 3.77. The van der Waals surface area contributed by atoms with Crippen LogP contribution in [0.4, 0.5) is 0 Å². The summed E-state index contributed by atoms with van der Waals surface area (Å²) in [6.07, 6.45) is 6.94. The van der Waals surface area contributed by atoms with Gasteiger partial charge in [-0.1, -0.05) is 19.3 Å². The van der Waals surface area contributed by atoms with Gasteiger partial charge in [-0.3, -0.25) is 4.90 Å². The lowest BCUT2D eigenvalue weighted by molar-refractivity contribution is -0.0154. The molecule has 2 fully saturated rings. The molecule has 0 radical (unpaired) electrons. The highest BCUT2D eigenvalue weighted by molar-refractivity contribution is 9.10. The second-order valence-corrected chi connectivity index (χ2v) is 9.02. The van der Waals surface area contributed by atoms with E-state index in [4.69, 9.17) is 0 Å². The molecule has 2 heterocycles. The SMILES string of the molecule is CC1(C)CN(Cc2cc(Br)cs2)C2(CCCCC2)CN1. The van der Waals surface area contributed by atoms with Crippen LogP contribution in [0.3, 0.4) is 0 Å². The number of hydrogen-bond acceptors (Lipinski definition) is 3. The van der Waals surface area contributed by atoms with Crippen LogP contribution in [0.15, 0.2) is 15.9 Å². The van der Waals surface area contributed by atoms with E-state index in [9.17, 15) is 0 Å². The van der Waals surface area contributed by atoms with E-state index in [2.05, 4.69) is 51.4 Å². The average molecular weight is 357 g/mol. The van der Waals surface area contributed by atoms with Gasteiger partial charge in [0.25, 0.3) is 0 Å². The first-order valence-electron chi connectivity index (χ1n) is 7.72. The number of halogens is 1. The molecule has 2 aliphatic rings. The average Bonchev–Trinajstić information content (AvgIpc) is 2.81. The lowest BCUT2D eigenvalue weighted by Crippen LogP contribution is -2.68. The van der Waals surface area contributed by atoms with Gasteiger partial charge in [0.15, 0.2) is 0 Å². The van der Waals surface area contributed by atoms with Crippen molar-refractivity contribution in [3.63, 3.8) is 0 Å². The fraction of sp³-hybridized carbons (Fsp3) is 0.750. The third-order valence-corrected chi connectivity index (χ3v) is 6.59. The smallest absolute Gasteiger partial charge is 0.0338 e. The first kappa shape index (κ1) is 15.0. The highest BCUT2D eigenvalue weighted by atomic mass is 79.9. The summed E-state index contributed by atoms with van der Waals surface area (Å²) in [5, 5.41) is 6.00. The van der Waals surface area contributed by atoms with Crippen LogP contribution < -0.4 is 5.32 Å². The number of hydrogen-bond donors (Lipinski definition) is 1. The van der Waals surface area contributed by atoms with Crippen molar-refractivity contribution >= 4 is 27.3 Å². The third-order valence-electron chi connectivity index (χ3n) is 4.91. The molecule has 1 spiro atoms. The molecule has 1 N–H and O–H groups in total. The van der Waals surface area contributed by atoms with Crippen LogP contribution in [0.25, 0.3) is 0 Å². The largest absolute Gasteiger partial charge is 0.309 e. The Morgan fingerprint density at radius 2 is 2.05 bits per heavy atom. The second kappa shape index (κ2) is 5.71. The third kappa shape index (κ3) is 3.13. The van der Waals surface area contributed by atoms with E-state index >= 15 is 0 Å². The summed E-state index contributed by atoms with van der Waals surface area (Å²) < 4.78 is 1.23. The molecule has 0 amide bonds. The van der Waals surface area contributed by atoms with E-state index in [0.717, 1.165) is 19.6 Å². The topological polar surface area (TPSA) is 15.3 Å². The van der Waals surface area contributed by atoms with Crippen LogP contribution in [0, 0.1) is 0 Å². The first-order chi connectivity index (χ1) is 9.49. The van der Waals surface area contributed by atoms with E-state index in [1.54, 1.807) is 0 Å². The highest BCUT2D eigenvalue weighted by Crippen LogP contribution is 2.38. The molecule has 1 saturated carbocycles. The van der Waals surface area contributed by atoms with Crippen molar-refractivity contribution in [1.82, 2.24) is 10.2 Å². The molecule has 1 saturated heterocycles. The number of piperazine rings is 1. The zero-order valence-corrected chi connectivity index (χ0v) is 14.9. The van der Waals surface area contributed by atoms with E-state index in [0.29, 0.717) is 5.54 Å². The Morgan fingerprint density at radius 3 is 2.70 bits per heavy atom. The Morgan fingerprint density at radius 1 is 1.30 bits per heavy atom. The molecule has 1 aliphatic heterocycles. The van der Waals surface area contributed by atoms with Gasteiger partial charge in [0.1, 0.15) is 0 Å². The lowest BCUT2D eigenvalue weighted by atomic mass is 9.77. The maximum absolute atomic E-state index is 3.79. The van der Waals surface area contributed by atoms with Crippen LogP contribution in [-0.4, -0.2) is 29.1 Å². The Balaban J connectivity index is 1.81. The molecule has 0 bridgehead atoms. The van der Waals surface area contributed by atoms with Gasteiger partial charge in [-0.05, 0) is 48.7 Å². The van der Waals surface area contributed by atoms with Crippen molar-refractivity contribution in [2.45, 2.75) is 63.6 Å². The zero-order chi connectivity index (χ0) is 14.2. The number of thiophene rings is 1. The van der Waals surface area contributed by atoms with Gasteiger partial charge in [0.2, 0.25) is 0 Å². The van der Waals surface area contributed by atoms with Gasteiger partial charge in [0, 0.05) is 45.4 Å². The predicted molar refractivity (Wildman–Crippen MR) is 90.3 cm³/mol. The molecule has 20 heavy (non-hydrogen) atoms. The minimum atomic E-state index is 0.233. The quantitative estimate of drug-likeness (QED) is 0.844. The Labute approximate surface area is 135 Å². The van der Waals surface area contributed by atoms with Crippen molar-refractivity contribution in [1.29, 1.82) is 0 Å². The molecule has 0 unspecified atom stereocenters. The normalized spacial score (nSPS) is 25.9. The summed E-state index contributed by atoms with van der Waals surface area (Å²) in [5.41, 5.74) is 0.640. The summed E-state index contributed by atoms with van der Waals surface area (Å²) >= 11 is 5.47. The molecule has 4 heteroatoms. The maximum atomic E-state index is 3.79. The molecular formula is C16H25BrN2S. The van der Waals surface area contributed by atoms with Gasteiger partial charge in [0.05, 0.1) is 0 Å². The molecule has 1 aromatic rings. The van der Waals surface area contributed by atoms with Crippen LogP contribution in [0.1, 0.15) is 50.8 Å². The summed E-state index contributed by atoms with van der Waals surface area (Å²) in [6, 6.07) is 2.29. The molecule has 1 aromatic heterocycles. The molecule has 1 aliphatic carbocycles. The summed E-state index contributed by atoms with van der Waals surface area (Å²) in [5.74, 6) is 0. The van der Waals surface area contributed by atoms with Crippen molar-refractivity contribution in [2.24, 2.45) is 0 Å². The molecule has 112 valence electrons. The molecule has 3 rings (SSSR count). The van der Waals surface area contributed by atoms with Crippen molar-refractivity contribution in [3.05, 3.63) is 20.8 Å². The number of rotatable bonds is 2. The molecule has 0 aromatic carbocycles. The number of nitrogens with one attached hydrogen (secondary N) is 1. The van der Waals surface area contributed by atoms with E-state index in [1.165, 1.54) is 41.5 Å². The van der Waals surface area contributed by atoms with Gasteiger partial charge in [-0.15, -0.1) is 11.3 Å². The van der Waals surface area contributed by atoms with E-state index in [-0.39, 0.29) is 5.54 Å². The highest BCUT2D eigenvalue weighted by Gasteiger charge is 2.44. The van der Waals surface area contributed by atoms with Crippen LogP contribution in [0.5, 0.6) is 0 Å². The second-order valence-electron chi connectivity index (χ2n) is 7.11. The molecule has 0 atom stereocenters. The first-order valence-corrected chi connectivity index (χ1v) is 9.39. The van der Waals surface area contributed by atoms with Crippen LogP contribution in [-0.2, 0) is 6.54 Å². The van der Waals surface area contributed by atoms with Crippen LogP contribution >= 0.6 is 27.3 Å². The van der Waals surface area contributed by atoms with Crippen LogP contribution in [0.2, 0.25) is 0 Å². The minimum absolute atomic E-state index is 0.233. The van der Waals surface area contributed by atoms with Crippen molar-refractivity contribution in [2.75, 3.05) is 13.1 Å². The minimum Gasteiger partial charge on any atom is -0.309 e. The maximum Gasteiger partial charge on any atom is 0.0338 e. The number of nitrogens with zero attached hydrogens (tertiary/aromatic N) is 1. The Kier molecular flexibility index (Phi) is 4.29. The van der Waals surface area contributed by atoms with Gasteiger partial charge in [-0.25, -0.2) is 0 Å². The van der Waals surface area contributed by atoms with Gasteiger partial charge >= 0.3 is 0 Å². The summed E-state index contributed by atoms with van der Waals surface area (Å²) in [7, 11) is 0. The van der Waals surface area contributed by atoms with Crippen molar-refractivity contribution < 1.29 is 0 Å². The van der Waals surface area contributed by atoms with Gasteiger partial charge < -0.3 is 5.32 Å². The summed E-state index contributed by atoms with van der Waals surface area (Å²) in [6.45, 7) is 8.09. The standard InChI is InChI=1S/C16H25BrN2S/c1-15(2)12-19(9-14-8-13(17)10-20-14)16(11-18-15)6-4-3-5-7-16/h8,10,18H,3-7,9,11-12H2,1-2H3. The lowest BCUT2D eigenvalue weighted by Gasteiger charge is -2.54. The Bertz CT molecular complexity index is 463. The summed E-state index contributed by atoms with van der Waals surface area (Å²) in [4.78, 5) is 4.26. The molecular weight excluding hydrogens is 332 g/mol. The van der Waals surface area contributed by atoms with E-state index in [1.807, 2.05) is 11.3 Å². The monoisotopic (exact) mass is 356 g/mol. The van der Waals surface area contributed by atoms with Crippen molar-refractivity contribution in [3.8, 4) is 0 Å². The van der Waals surface area contributed by atoms with E-state index < -0.39 is 0 Å². The molecule has 2 nitrogen and oxygen atoms in total. The Hall–Kier alpha value is 0.1000. The fourth-order valence-corrected chi connectivity index (χ4v) is 5.23. The predicted octanol–water partition coefficient (Wildman–Crippen LogP) is 4.40. The zero-order valence-electron chi connectivity index (χ0n) is 12.5. The van der Waals surface area contributed by atoms with Gasteiger partial charge in [-0.2, -0.15) is 0 Å².